The lowest BCUT2D eigenvalue weighted by atomic mass is 10.0. The topological polar surface area (TPSA) is 85.8 Å². The van der Waals surface area contributed by atoms with Crippen molar-refractivity contribution in [3.05, 3.63) is 23.8 Å². The molecule has 1 N–H and O–H groups in total. The zero-order valence-corrected chi connectivity index (χ0v) is 25.5. The molecule has 9 heteroatoms. The third-order valence-electron chi connectivity index (χ3n) is 7.43. The molecule has 9 nitrogen and oxygen atoms in total. The van der Waals surface area contributed by atoms with Crippen LogP contribution in [0.15, 0.2) is 18.2 Å². The van der Waals surface area contributed by atoms with E-state index in [1.807, 2.05) is 72.2 Å². The number of hydrogen-bond acceptors (Lipinski definition) is 7. The molecule has 0 saturated carbocycles. The third kappa shape index (κ3) is 10.3. The van der Waals surface area contributed by atoms with Gasteiger partial charge in [-0.3, -0.25) is 9.59 Å². The fourth-order valence-electron chi connectivity index (χ4n) is 4.76. The smallest absolute Gasteiger partial charge is 0.258 e. The molecule has 1 aromatic rings. The first kappa shape index (κ1) is 32.8. The highest BCUT2D eigenvalue weighted by Gasteiger charge is 2.31. The number of ether oxygens (including phenoxy) is 2. The second-order valence-electron chi connectivity index (χ2n) is 11.6. The van der Waals surface area contributed by atoms with E-state index in [1.54, 1.807) is 9.80 Å². The van der Waals surface area contributed by atoms with Gasteiger partial charge in [-0.05, 0) is 78.4 Å². The molecule has 0 bridgehead atoms. The van der Waals surface area contributed by atoms with E-state index in [4.69, 9.17) is 9.47 Å². The van der Waals surface area contributed by atoms with Crippen molar-refractivity contribution < 1.29 is 24.2 Å². The molecule has 0 aliphatic carbocycles. The molecule has 0 fully saturated rings. The molecule has 1 aromatic carbocycles. The quantitative estimate of drug-likeness (QED) is 0.507. The van der Waals surface area contributed by atoms with Gasteiger partial charge in [-0.1, -0.05) is 6.92 Å². The van der Waals surface area contributed by atoms with Crippen LogP contribution in [0.4, 0.5) is 5.69 Å². The Bertz CT molecular complexity index is 909. The minimum absolute atomic E-state index is 0.0611. The van der Waals surface area contributed by atoms with Crippen LogP contribution >= 0.6 is 0 Å². The Labute approximate surface area is 236 Å². The summed E-state index contributed by atoms with van der Waals surface area (Å²) < 4.78 is 12.6. The second-order valence-corrected chi connectivity index (χ2v) is 11.6. The Balaban J connectivity index is 2.35. The molecule has 0 radical (unpaired) electrons. The summed E-state index contributed by atoms with van der Waals surface area (Å²) in [6.07, 6.45) is 3.67. The number of rotatable bonds is 9. The fraction of sp³-hybridized carbons (Fsp3) is 0.733. The Morgan fingerprint density at radius 2 is 1.87 bits per heavy atom. The summed E-state index contributed by atoms with van der Waals surface area (Å²) in [5.74, 6) is 0.412. The maximum atomic E-state index is 14.1. The number of aliphatic hydroxyl groups is 1. The Morgan fingerprint density at radius 3 is 2.51 bits per heavy atom. The molecule has 4 atom stereocenters. The molecule has 1 aliphatic rings. The average molecular weight is 549 g/mol. The number of benzene rings is 1. The van der Waals surface area contributed by atoms with E-state index >= 15 is 0 Å². The summed E-state index contributed by atoms with van der Waals surface area (Å²) in [5.41, 5.74) is 1.39. The number of hydrogen-bond donors (Lipinski definition) is 1. The van der Waals surface area contributed by atoms with E-state index in [9.17, 15) is 14.7 Å². The predicted octanol–water partition coefficient (Wildman–Crippen LogP) is 3.35. The molecule has 1 heterocycles. The van der Waals surface area contributed by atoms with Crippen LogP contribution < -0.4 is 9.64 Å². The van der Waals surface area contributed by atoms with E-state index in [-0.39, 0.29) is 36.5 Å². The highest BCUT2D eigenvalue weighted by molar-refractivity contribution is 5.98. The summed E-state index contributed by atoms with van der Waals surface area (Å²) in [6.45, 7) is 8.06. The number of carbonyl (C=O) groups is 2. The number of nitrogens with zero attached hydrogens (tertiary/aromatic N) is 4. The molecule has 39 heavy (non-hydrogen) atoms. The SMILES string of the molecule is C[C@H](CO)N1C[C@H](C)[C@@H](CN(C)C(=O)CCCN(C)C)OCCCC[C@H](C)Oc2ccc(N(C)C)cc2C1=O. The molecule has 1 aliphatic heterocycles. The first-order chi connectivity index (χ1) is 18.4. The number of fused-ring (bicyclic) bond motifs is 1. The van der Waals surface area contributed by atoms with Crippen molar-refractivity contribution in [1.29, 1.82) is 0 Å². The van der Waals surface area contributed by atoms with Crippen molar-refractivity contribution in [2.24, 2.45) is 5.92 Å². The number of carbonyl (C=O) groups excluding carboxylic acids is 2. The van der Waals surface area contributed by atoms with Crippen LogP contribution in [-0.2, 0) is 9.53 Å². The van der Waals surface area contributed by atoms with Gasteiger partial charge in [0.25, 0.3) is 5.91 Å². The minimum atomic E-state index is -0.396. The highest BCUT2D eigenvalue weighted by atomic mass is 16.5. The first-order valence-corrected chi connectivity index (χ1v) is 14.3. The Hall–Kier alpha value is -2.36. The van der Waals surface area contributed by atoms with Crippen molar-refractivity contribution in [2.45, 2.75) is 71.1 Å². The zero-order chi connectivity index (χ0) is 29.1. The first-order valence-electron chi connectivity index (χ1n) is 14.3. The lowest BCUT2D eigenvalue weighted by Gasteiger charge is -2.36. The molecule has 0 unspecified atom stereocenters. The number of amides is 2. The number of aliphatic hydroxyl groups excluding tert-OH is 1. The van der Waals surface area contributed by atoms with Crippen molar-refractivity contribution in [1.82, 2.24) is 14.7 Å². The van der Waals surface area contributed by atoms with Crippen molar-refractivity contribution in [3.8, 4) is 5.75 Å². The average Bonchev–Trinajstić information content (AvgIpc) is 2.89. The number of likely N-dealkylation sites (N-methyl/N-ethyl adjacent to an activating group) is 1. The normalized spacial score (nSPS) is 22.1. The molecule has 0 spiro atoms. The maximum Gasteiger partial charge on any atom is 0.258 e. The lowest BCUT2D eigenvalue weighted by Crippen LogP contribution is -2.48. The van der Waals surface area contributed by atoms with Crippen LogP contribution in [0.25, 0.3) is 0 Å². The summed E-state index contributed by atoms with van der Waals surface area (Å²) in [7, 11) is 9.72. The second kappa shape index (κ2) is 16.0. The van der Waals surface area contributed by atoms with Gasteiger partial charge in [0.2, 0.25) is 5.91 Å². The van der Waals surface area contributed by atoms with E-state index in [1.165, 1.54) is 0 Å². The van der Waals surface area contributed by atoms with Gasteiger partial charge in [-0.25, -0.2) is 0 Å². The van der Waals surface area contributed by atoms with Gasteiger partial charge in [0, 0.05) is 58.9 Å². The molecule has 0 aromatic heterocycles. The summed E-state index contributed by atoms with van der Waals surface area (Å²) >= 11 is 0. The van der Waals surface area contributed by atoms with Gasteiger partial charge >= 0.3 is 0 Å². The number of anilines is 1. The molecule has 0 saturated heterocycles. The van der Waals surface area contributed by atoms with Crippen LogP contribution in [0.1, 0.15) is 63.2 Å². The largest absolute Gasteiger partial charge is 0.490 e. The monoisotopic (exact) mass is 548 g/mol. The van der Waals surface area contributed by atoms with Crippen molar-refractivity contribution >= 4 is 17.5 Å². The van der Waals surface area contributed by atoms with Gasteiger partial charge in [0.1, 0.15) is 5.75 Å². The zero-order valence-electron chi connectivity index (χ0n) is 25.5. The van der Waals surface area contributed by atoms with Crippen LogP contribution in [-0.4, -0.2) is 118 Å². The molecular formula is C30H52N4O5. The van der Waals surface area contributed by atoms with Crippen LogP contribution in [0.3, 0.4) is 0 Å². The standard InChI is InChI=1S/C30H52N4O5/c1-22-19-34(23(2)21-35)30(37)26-18-25(32(6)7)14-15-27(26)39-24(3)12-9-10-17-38-28(22)20-33(8)29(36)13-11-16-31(4)5/h14-15,18,22-24,28,35H,9-13,16-17,19-21H2,1-8H3/t22-,23+,24-,28+/m0/s1. The van der Waals surface area contributed by atoms with E-state index in [0.717, 1.165) is 37.9 Å². The highest BCUT2D eigenvalue weighted by Crippen LogP contribution is 2.29. The molecule has 2 amide bonds. The molecular weight excluding hydrogens is 496 g/mol. The predicted molar refractivity (Wildman–Crippen MR) is 157 cm³/mol. The molecule has 2 rings (SSSR count). The Kier molecular flexibility index (Phi) is 13.5. The minimum Gasteiger partial charge on any atom is -0.490 e. The van der Waals surface area contributed by atoms with Gasteiger partial charge in [-0.2, -0.15) is 0 Å². The van der Waals surface area contributed by atoms with Gasteiger partial charge in [0.15, 0.2) is 0 Å². The van der Waals surface area contributed by atoms with Crippen molar-refractivity contribution in [3.63, 3.8) is 0 Å². The van der Waals surface area contributed by atoms with Gasteiger partial charge in [0.05, 0.1) is 30.4 Å². The maximum absolute atomic E-state index is 14.1. The summed E-state index contributed by atoms with van der Waals surface area (Å²) in [6, 6.07) is 5.30. The van der Waals surface area contributed by atoms with E-state index in [2.05, 4.69) is 11.8 Å². The lowest BCUT2D eigenvalue weighted by molar-refractivity contribution is -0.132. The van der Waals surface area contributed by atoms with Crippen LogP contribution in [0.2, 0.25) is 0 Å². The van der Waals surface area contributed by atoms with Gasteiger partial charge in [-0.15, -0.1) is 0 Å². The fourth-order valence-corrected chi connectivity index (χ4v) is 4.76. The van der Waals surface area contributed by atoms with Crippen LogP contribution in [0, 0.1) is 5.92 Å². The Morgan fingerprint density at radius 1 is 1.15 bits per heavy atom. The summed E-state index contributed by atoms with van der Waals surface area (Å²) in [5, 5.41) is 10.1. The van der Waals surface area contributed by atoms with Crippen LogP contribution in [0.5, 0.6) is 5.75 Å². The van der Waals surface area contributed by atoms with Crippen molar-refractivity contribution in [2.75, 3.05) is 73.0 Å². The van der Waals surface area contributed by atoms with Gasteiger partial charge < -0.3 is 34.2 Å². The third-order valence-corrected chi connectivity index (χ3v) is 7.43. The molecule has 222 valence electrons. The summed E-state index contributed by atoms with van der Waals surface area (Å²) in [4.78, 5) is 34.4. The van der Waals surface area contributed by atoms with E-state index < -0.39 is 6.04 Å². The van der Waals surface area contributed by atoms with E-state index in [0.29, 0.717) is 37.4 Å².